The predicted molar refractivity (Wildman–Crippen MR) is 177 cm³/mol. The summed E-state index contributed by atoms with van der Waals surface area (Å²) in [5.74, 6) is -0.792. The molecule has 1 aliphatic heterocycles. The van der Waals surface area contributed by atoms with Gasteiger partial charge in [-0.3, -0.25) is 9.69 Å². The van der Waals surface area contributed by atoms with Crippen molar-refractivity contribution in [1.82, 2.24) is 20.0 Å². The van der Waals surface area contributed by atoms with Gasteiger partial charge in [0, 0.05) is 10.6 Å². The van der Waals surface area contributed by atoms with Crippen molar-refractivity contribution in [3.8, 4) is 5.69 Å². The van der Waals surface area contributed by atoms with Gasteiger partial charge in [0.1, 0.15) is 12.4 Å². The Morgan fingerprint density at radius 1 is 0.957 bits per heavy atom. The summed E-state index contributed by atoms with van der Waals surface area (Å²) in [6.07, 6.45) is 1.28. The van der Waals surface area contributed by atoms with Crippen molar-refractivity contribution in [1.29, 1.82) is 0 Å². The summed E-state index contributed by atoms with van der Waals surface area (Å²) in [7, 11) is 0. The van der Waals surface area contributed by atoms with Gasteiger partial charge in [-0.2, -0.15) is 5.10 Å². The van der Waals surface area contributed by atoms with E-state index in [1.54, 1.807) is 35.0 Å². The standard InChI is InChI=1S/C36H29Cl2FN4O3/c1-23(26-10-6-3-7-11-26)40-35(44)33-30-21-42(36(45)46-22-25-8-4-2-5-9-25)20-27(18-24-12-15-29(39)16-13-24)34(30)43(41-33)32-17-14-28(37)19-31(32)38/h2-19,23H,20-22H2,1H3,(H,40,44)/b27-18+. The van der Waals surface area contributed by atoms with Crippen molar-refractivity contribution < 1.29 is 18.7 Å². The van der Waals surface area contributed by atoms with E-state index in [0.717, 1.165) is 11.1 Å². The summed E-state index contributed by atoms with van der Waals surface area (Å²) < 4.78 is 21.1. The zero-order valence-electron chi connectivity index (χ0n) is 24.8. The van der Waals surface area contributed by atoms with Crippen LogP contribution in [0.5, 0.6) is 0 Å². The Labute approximate surface area is 275 Å². The smallest absolute Gasteiger partial charge is 0.410 e. The van der Waals surface area contributed by atoms with Crippen molar-refractivity contribution in [3.63, 3.8) is 0 Å². The first-order valence-electron chi connectivity index (χ1n) is 14.6. The highest BCUT2D eigenvalue weighted by Gasteiger charge is 2.35. The first kappa shape index (κ1) is 31.1. The molecule has 1 unspecified atom stereocenters. The second-order valence-electron chi connectivity index (χ2n) is 10.9. The third-order valence-electron chi connectivity index (χ3n) is 7.67. The molecule has 0 spiro atoms. The maximum absolute atomic E-state index is 13.9. The van der Waals surface area contributed by atoms with Gasteiger partial charge in [0.05, 0.1) is 35.5 Å². The molecule has 1 aliphatic rings. The Hall–Kier alpha value is -4.92. The molecule has 46 heavy (non-hydrogen) atoms. The van der Waals surface area contributed by atoms with Crippen LogP contribution < -0.4 is 5.32 Å². The van der Waals surface area contributed by atoms with Crippen LogP contribution in [0.1, 0.15) is 51.4 Å². The minimum Gasteiger partial charge on any atom is -0.445 e. The summed E-state index contributed by atoms with van der Waals surface area (Å²) >= 11 is 12.9. The number of fused-ring (bicyclic) bond motifs is 1. The molecule has 0 radical (unpaired) electrons. The Balaban J connectivity index is 1.45. The van der Waals surface area contributed by atoms with Gasteiger partial charge in [-0.25, -0.2) is 13.9 Å². The SMILES string of the molecule is CC(NC(=O)c1nn(-c2ccc(Cl)cc2Cl)c2c1CN(C(=O)OCc1ccccc1)C/C2=C\c1ccc(F)cc1)c1ccccc1. The predicted octanol–water partition coefficient (Wildman–Crippen LogP) is 8.50. The molecule has 6 rings (SSSR count). The van der Waals surface area contributed by atoms with E-state index in [0.29, 0.717) is 38.1 Å². The number of nitrogens with one attached hydrogen (secondary N) is 1. The average molecular weight is 656 g/mol. The number of aromatic nitrogens is 2. The fourth-order valence-electron chi connectivity index (χ4n) is 5.37. The van der Waals surface area contributed by atoms with Crippen LogP contribution in [-0.2, 0) is 17.9 Å². The zero-order valence-corrected chi connectivity index (χ0v) is 26.3. The third-order valence-corrected chi connectivity index (χ3v) is 8.21. The molecule has 5 aromatic rings. The Kier molecular flexibility index (Phi) is 9.19. The molecule has 1 N–H and O–H groups in total. The minimum absolute atomic E-state index is 0.0530. The number of carbonyl (C=O) groups excluding carboxylic acids is 2. The van der Waals surface area contributed by atoms with E-state index in [9.17, 15) is 14.0 Å². The maximum Gasteiger partial charge on any atom is 0.410 e. The number of carbonyl (C=O) groups is 2. The highest BCUT2D eigenvalue weighted by atomic mass is 35.5. The quantitative estimate of drug-likeness (QED) is 0.191. The van der Waals surface area contributed by atoms with Crippen LogP contribution in [0.15, 0.2) is 103 Å². The number of rotatable bonds is 7. The second kappa shape index (κ2) is 13.6. The first-order chi connectivity index (χ1) is 22.3. The topological polar surface area (TPSA) is 76.5 Å². The first-order valence-corrected chi connectivity index (χ1v) is 15.4. The van der Waals surface area contributed by atoms with Gasteiger partial charge in [0.2, 0.25) is 0 Å². The average Bonchev–Trinajstić information content (AvgIpc) is 3.45. The van der Waals surface area contributed by atoms with Gasteiger partial charge in [-0.05, 0) is 65.6 Å². The van der Waals surface area contributed by atoms with E-state index >= 15 is 0 Å². The highest BCUT2D eigenvalue weighted by Crippen LogP contribution is 2.36. The number of hydrogen-bond acceptors (Lipinski definition) is 4. The van der Waals surface area contributed by atoms with Crippen LogP contribution in [0.25, 0.3) is 17.3 Å². The van der Waals surface area contributed by atoms with Crippen LogP contribution >= 0.6 is 23.2 Å². The van der Waals surface area contributed by atoms with Crippen molar-refractivity contribution >= 4 is 46.9 Å². The molecule has 0 saturated heterocycles. The zero-order chi connectivity index (χ0) is 32.2. The molecule has 1 aromatic heterocycles. The molecule has 0 saturated carbocycles. The van der Waals surface area contributed by atoms with Gasteiger partial charge in [0.25, 0.3) is 5.91 Å². The van der Waals surface area contributed by atoms with E-state index in [1.807, 2.05) is 73.7 Å². The molecule has 0 aliphatic carbocycles. The monoisotopic (exact) mass is 654 g/mol. The summed E-state index contributed by atoms with van der Waals surface area (Å²) in [5, 5.41) is 8.61. The number of hydrogen-bond donors (Lipinski definition) is 1. The number of benzene rings is 4. The molecular formula is C36H29Cl2FN4O3. The van der Waals surface area contributed by atoms with Gasteiger partial charge in [0.15, 0.2) is 5.69 Å². The van der Waals surface area contributed by atoms with Crippen LogP contribution in [0, 0.1) is 5.82 Å². The van der Waals surface area contributed by atoms with E-state index in [4.69, 9.17) is 33.0 Å². The maximum atomic E-state index is 13.9. The molecule has 1 atom stereocenters. The number of amides is 2. The number of halogens is 3. The highest BCUT2D eigenvalue weighted by molar-refractivity contribution is 6.35. The lowest BCUT2D eigenvalue weighted by Gasteiger charge is -2.29. The molecule has 232 valence electrons. The minimum atomic E-state index is -0.555. The largest absolute Gasteiger partial charge is 0.445 e. The van der Waals surface area contributed by atoms with Crippen LogP contribution in [0.2, 0.25) is 10.0 Å². The van der Waals surface area contributed by atoms with E-state index in [1.165, 1.54) is 17.0 Å². The second-order valence-corrected chi connectivity index (χ2v) is 11.8. The van der Waals surface area contributed by atoms with Crippen molar-refractivity contribution in [2.24, 2.45) is 0 Å². The van der Waals surface area contributed by atoms with Crippen LogP contribution in [0.3, 0.4) is 0 Å². The van der Waals surface area contributed by atoms with Gasteiger partial charge in [-0.15, -0.1) is 0 Å². The van der Waals surface area contributed by atoms with Crippen molar-refractivity contribution in [2.45, 2.75) is 26.1 Å². The molecule has 10 heteroatoms. The lowest BCUT2D eigenvalue weighted by atomic mass is 9.97. The Bertz CT molecular complexity index is 1910. The van der Waals surface area contributed by atoms with Crippen molar-refractivity contribution in [3.05, 3.63) is 153 Å². The summed E-state index contributed by atoms with van der Waals surface area (Å²) in [5.41, 5.74) is 4.86. The fourth-order valence-corrected chi connectivity index (χ4v) is 5.86. The van der Waals surface area contributed by atoms with Crippen LogP contribution in [-0.4, -0.2) is 33.2 Å². The normalized spacial score (nSPS) is 14.1. The molecule has 4 aromatic carbocycles. The summed E-state index contributed by atoms with van der Waals surface area (Å²) in [6, 6.07) is 29.7. The van der Waals surface area contributed by atoms with E-state index in [2.05, 4.69) is 5.32 Å². The Morgan fingerprint density at radius 2 is 1.65 bits per heavy atom. The molecular weight excluding hydrogens is 626 g/mol. The van der Waals surface area contributed by atoms with E-state index in [-0.39, 0.29) is 37.2 Å². The molecule has 7 nitrogen and oxygen atoms in total. The summed E-state index contributed by atoms with van der Waals surface area (Å²) in [6.45, 7) is 2.16. The fraction of sp³-hybridized carbons (Fsp3) is 0.139. The molecule has 2 amide bonds. The van der Waals surface area contributed by atoms with E-state index < -0.39 is 12.0 Å². The lowest BCUT2D eigenvalue weighted by molar-refractivity contribution is 0.0916. The van der Waals surface area contributed by atoms with Crippen molar-refractivity contribution in [2.75, 3.05) is 6.54 Å². The Morgan fingerprint density at radius 3 is 2.35 bits per heavy atom. The van der Waals surface area contributed by atoms with Gasteiger partial charge >= 0.3 is 6.09 Å². The van der Waals surface area contributed by atoms with Gasteiger partial charge in [-0.1, -0.05) is 96.0 Å². The third kappa shape index (κ3) is 6.83. The lowest BCUT2D eigenvalue weighted by Crippen LogP contribution is -2.37. The summed E-state index contributed by atoms with van der Waals surface area (Å²) in [4.78, 5) is 29.0. The molecule has 2 heterocycles. The number of nitrogens with zero attached hydrogens (tertiary/aromatic N) is 3. The molecule has 0 bridgehead atoms. The number of ether oxygens (including phenoxy) is 1. The van der Waals surface area contributed by atoms with Gasteiger partial charge < -0.3 is 10.1 Å². The molecule has 0 fully saturated rings. The van der Waals surface area contributed by atoms with Crippen LogP contribution in [0.4, 0.5) is 9.18 Å².